The summed E-state index contributed by atoms with van der Waals surface area (Å²) in [5.41, 5.74) is 1.30. The third-order valence-electron chi connectivity index (χ3n) is 6.83. The number of cyclic esters (lactones) is 1. The molecule has 1 aliphatic rings. The average Bonchev–Trinajstić information content (AvgIpc) is 2.87. The highest BCUT2D eigenvalue weighted by Crippen LogP contribution is 2.42. The largest absolute Gasteiger partial charge is 0.438 e. The van der Waals surface area contributed by atoms with E-state index in [-0.39, 0.29) is 23.3 Å². The first-order chi connectivity index (χ1) is 18.3. The molecule has 39 heavy (non-hydrogen) atoms. The summed E-state index contributed by atoms with van der Waals surface area (Å²) in [6.07, 6.45) is 3.75. The molecule has 1 aliphatic heterocycles. The van der Waals surface area contributed by atoms with E-state index in [1.54, 1.807) is 31.1 Å². The van der Waals surface area contributed by atoms with E-state index in [1.165, 1.54) is 0 Å². The number of nitrogens with zero attached hydrogens (tertiary/aromatic N) is 3. The highest BCUT2D eigenvalue weighted by atomic mass is 16.6. The summed E-state index contributed by atoms with van der Waals surface area (Å²) in [7, 11) is 0. The van der Waals surface area contributed by atoms with Crippen molar-refractivity contribution in [3.05, 3.63) is 83.9 Å². The van der Waals surface area contributed by atoms with Gasteiger partial charge in [-0.2, -0.15) is 0 Å². The van der Waals surface area contributed by atoms with Gasteiger partial charge in [0.1, 0.15) is 5.60 Å². The summed E-state index contributed by atoms with van der Waals surface area (Å²) in [4.78, 5) is 35.8. The van der Waals surface area contributed by atoms with Crippen LogP contribution in [0, 0.1) is 0 Å². The lowest BCUT2D eigenvalue weighted by Crippen LogP contribution is -2.51. The highest BCUT2D eigenvalue weighted by Gasteiger charge is 2.46. The van der Waals surface area contributed by atoms with Crippen LogP contribution in [-0.2, 0) is 10.3 Å². The minimum atomic E-state index is -1.00. The lowest BCUT2D eigenvalue weighted by atomic mass is 9.80. The first kappa shape index (κ1) is 28.2. The van der Waals surface area contributed by atoms with Crippen LogP contribution >= 0.6 is 0 Å². The first-order valence-electron chi connectivity index (χ1n) is 13.3. The number of hydrogen-bond donors (Lipinski definition) is 2. The Morgan fingerprint density at radius 3 is 2.18 bits per heavy atom. The summed E-state index contributed by atoms with van der Waals surface area (Å²) in [6, 6.07) is 17.3. The summed E-state index contributed by atoms with van der Waals surface area (Å²) in [6.45, 7) is 11.7. The molecule has 1 saturated heterocycles. The number of carbonyl (C=O) groups excluding carboxylic acids is 2. The van der Waals surface area contributed by atoms with E-state index in [4.69, 9.17) is 4.74 Å². The fourth-order valence-corrected chi connectivity index (χ4v) is 5.02. The second kappa shape index (κ2) is 10.8. The smallest absolute Gasteiger partial charge is 0.411 e. The number of aliphatic hydroxyl groups is 1. The number of nitrogens with one attached hydrogen (secondary N) is 1. The lowest BCUT2D eigenvalue weighted by Gasteiger charge is -2.45. The van der Waals surface area contributed by atoms with E-state index in [0.717, 1.165) is 22.3 Å². The minimum absolute atomic E-state index is 0.124. The van der Waals surface area contributed by atoms with E-state index < -0.39 is 17.3 Å². The molecule has 2 atom stereocenters. The number of ether oxygens (including phenoxy) is 1. The molecule has 1 unspecified atom stereocenters. The first-order valence-corrected chi connectivity index (χ1v) is 13.3. The summed E-state index contributed by atoms with van der Waals surface area (Å²) in [5, 5.41) is 13.5. The predicted octanol–water partition coefficient (Wildman–Crippen LogP) is 5.63. The normalized spacial score (nSPS) is 18.8. The maximum absolute atomic E-state index is 13.3. The van der Waals surface area contributed by atoms with E-state index in [1.807, 2.05) is 82.3 Å². The molecule has 206 valence electrons. The molecule has 2 N–H and O–H groups in total. The van der Waals surface area contributed by atoms with Gasteiger partial charge in [-0.3, -0.25) is 4.79 Å². The molecule has 0 aliphatic carbocycles. The second-order valence-electron chi connectivity index (χ2n) is 12.0. The molecule has 0 radical (unpaired) electrons. The lowest BCUT2D eigenvalue weighted by molar-refractivity contribution is -0.101. The Labute approximate surface area is 230 Å². The van der Waals surface area contributed by atoms with Crippen LogP contribution in [0.2, 0.25) is 0 Å². The maximum atomic E-state index is 13.3. The van der Waals surface area contributed by atoms with Crippen LogP contribution in [0.1, 0.15) is 82.2 Å². The number of carbonyl (C=O) groups is 2. The minimum Gasteiger partial charge on any atom is -0.438 e. The van der Waals surface area contributed by atoms with Gasteiger partial charge < -0.3 is 20.1 Å². The van der Waals surface area contributed by atoms with Crippen LogP contribution in [0.3, 0.4) is 0 Å². The van der Waals surface area contributed by atoms with Crippen molar-refractivity contribution in [1.29, 1.82) is 0 Å². The average molecular weight is 531 g/mol. The number of aromatic nitrogens is 2. The molecule has 1 fully saturated rings. The Kier molecular flexibility index (Phi) is 7.80. The molecule has 0 spiro atoms. The number of amides is 2. The standard InChI is InChI=1S/C31H38N4O4/c1-21(35-17-16-31(39-28(35)37,20-30(5,6)38)25-10-8-7-9-11-25)22-12-14-23(15-13-22)24-18-32-26(33-19-24)27(36)34-29(2,3)4/h7-15,18-19,21,38H,16-17,20H2,1-6H3,(H,34,36)/t21-,31?/m0/s1. The van der Waals surface area contributed by atoms with Crippen molar-refractivity contribution in [2.45, 2.75) is 77.2 Å². The molecular formula is C31H38N4O4. The molecule has 8 nitrogen and oxygen atoms in total. The fourth-order valence-electron chi connectivity index (χ4n) is 5.02. The van der Waals surface area contributed by atoms with E-state index in [9.17, 15) is 14.7 Å². The molecule has 1 aromatic heterocycles. The number of hydrogen-bond acceptors (Lipinski definition) is 6. The topological polar surface area (TPSA) is 105 Å². The van der Waals surface area contributed by atoms with Crippen LogP contribution in [0.15, 0.2) is 67.0 Å². The quantitative estimate of drug-likeness (QED) is 0.410. The van der Waals surface area contributed by atoms with Crippen molar-refractivity contribution in [2.24, 2.45) is 0 Å². The summed E-state index contributed by atoms with van der Waals surface area (Å²) < 4.78 is 6.12. The Bertz CT molecular complexity index is 1300. The van der Waals surface area contributed by atoms with E-state index in [0.29, 0.717) is 19.4 Å². The zero-order valence-corrected chi connectivity index (χ0v) is 23.6. The number of benzene rings is 2. The Balaban J connectivity index is 1.47. The molecule has 2 heterocycles. The fraction of sp³-hybridized carbons (Fsp3) is 0.419. The summed E-state index contributed by atoms with van der Waals surface area (Å²) >= 11 is 0. The third kappa shape index (κ3) is 6.81. The van der Waals surface area contributed by atoms with Gasteiger partial charge in [0.25, 0.3) is 5.91 Å². The van der Waals surface area contributed by atoms with Gasteiger partial charge in [0, 0.05) is 42.9 Å². The van der Waals surface area contributed by atoms with Crippen molar-refractivity contribution >= 4 is 12.0 Å². The third-order valence-corrected chi connectivity index (χ3v) is 6.83. The molecule has 0 bridgehead atoms. The Morgan fingerprint density at radius 2 is 1.64 bits per heavy atom. The predicted molar refractivity (Wildman–Crippen MR) is 150 cm³/mol. The molecule has 2 aromatic carbocycles. The van der Waals surface area contributed by atoms with Gasteiger partial charge in [-0.25, -0.2) is 14.8 Å². The summed E-state index contributed by atoms with van der Waals surface area (Å²) in [5.74, 6) is -0.191. The van der Waals surface area contributed by atoms with Crippen molar-refractivity contribution in [3.8, 4) is 11.1 Å². The zero-order chi connectivity index (χ0) is 28.4. The molecule has 2 amide bonds. The molecule has 0 saturated carbocycles. The number of rotatable bonds is 7. The maximum Gasteiger partial charge on any atom is 0.411 e. The second-order valence-corrected chi connectivity index (χ2v) is 12.0. The Hall–Kier alpha value is -3.78. The van der Waals surface area contributed by atoms with Crippen molar-refractivity contribution in [2.75, 3.05) is 6.54 Å². The van der Waals surface area contributed by atoms with Crippen LogP contribution in [0.4, 0.5) is 4.79 Å². The molecule has 8 heteroatoms. The van der Waals surface area contributed by atoms with E-state index >= 15 is 0 Å². The van der Waals surface area contributed by atoms with Crippen LogP contribution < -0.4 is 5.32 Å². The van der Waals surface area contributed by atoms with Gasteiger partial charge >= 0.3 is 6.09 Å². The van der Waals surface area contributed by atoms with Gasteiger partial charge in [0.05, 0.1) is 11.6 Å². The van der Waals surface area contributed by atoms with Gasteiger partial charge in [0.15, 0.2) is 0 Å². The van der Waals surface area contributed by atoms with Crippen molar-refractivity contribution in [1.82, 2.24) is 20.2 Å². The van der Waals surface area contributed by atoms with Gasteiger partial charge in [-0.15, -0.1) is 0 Å². The van der Waals surface area contributed by atoms with Crippen molar-refractivity contribution < 1.29 is 19.4 Å². The van der Waals surface area contributed by atoms with Crippen molar-refractivity contribution in [3.63, 3.8) is 0 Å². The van der Waals surface area contributed by atoms with Crippen LogP contribution in [0.5, 0.6) is 0 Å². The molecule has 3 aromatic rings. The molecular weight excluding hydrogens is 492 g/mol. The Morgan fingerprint density at radius 1 is 1.03 bits per heavy atom. The van der Waals surface area contributed by atoms with E-state index in [2.05, 4.69) is 15.3 Å². The highest BCUT2D eigenvalue weighted by molar-refractivity contribution is 5.91. The SMILES string of the molecule is C[C@@H](c1ccc(-c2cnc(C(=O)NC(C)(C)C)nc2)cc1)N1CCC(CC(C)(C)O)(c2ccccc2)OC1=O. The van der Waals surface area contributed by atoms with Crippen LogP contribution in [0.25, 0.3) is 11.1 Å². The molecule has 4 rings (SSSR count). The zero-order valence-electron chi connectivity index (χ0n) is 23.6. The monoisotopic (exact) mass is 530 g/mol. The van der Waals surface area contributed by atoms with Crippen LogP contribution in [-0.4, -0.2) is 49.7 Å². The van der Waals surface area contributed by atoms with Gasteiger partial charge in [0.2, 0.25) is 5.82 Å². The van der Waals surface area contributed by atoms with Gasteiger partial charge in [-0.05, 0) is 58.2 Å². The van der Waals surface area contributed by atoms with Gasteiger partial charge in [-0.1, -0.05) is 54.6 Å².